The van der Waals surface area contributed by atoms with Crippen molar-refractivity contribution in [3.05, 3.63) is 41.2 Å². The van der Waals surface area contributed by atoms with Crippen LogP contribution in [-0.2, 0) is 25.2 Å². The van der Waals surface area contributed by atoms with Crippen LogP contribution in [0.2, 0.25) is 0 Å². The van der Waals surface area contributed by atoms with Gasteiger partial charge in [0.1, 0.15) is 0 Å². The van der Waals surface area contributed by atoms with Crippen LogP contribution < -0.4 is 0 Å². The van der Waals surface area contributed by atoms with Crippen molar-refractivity contribution in [2.24, 2.45) is 7.05 Å². The van der Waals surface area contributed by atoms with Gasteiger partial charge >= 0.3 is 12.4 Å². The molecule has 0 aliphatic carbocycles. The number of aromatic nitrogens is 3. The molecule has 0 atom stereocenters. The Balaban J connectivity index is 2.06. The van der Waals surface area contributed by atoms with Crippen molar-refractivity contribution in [1.29, 1.82) is 0 Å². The first-order valence-electron chi connectivity index (χ1n) is 5.84. The maximum absolute atomic E-state index is 12.5. The van der Waals surface area contributed by atoms with E-state index in [0.717, 1.165) is 28.5 Å². The minimum Gasteiger partial charge on any atom is -0.302 e. The van der Waals surface area contributed by atoms with E-state index in [0.29, 0.717) is 5.56 Å². The Morgan fingerprint density at radius 2 is 1.55 bits per heavy atom. The van der Waals surface area contributed by atoms with Gasteiger partial charge in [0.05, 0.1) is 5.56 Å². The van der Waals surface area contributed by atoms with Gasteiger partial charge in [-0.25, -0.2) is 0 Å². The molecule has 0 aliphatic rings. The molecule has 1 heterocycles. The van der Waals surface area contributed by atoms with E-state index < -0.39 is 23.7 Å². The number of hydrogen-bond donors (Lipinski definition) is 0. The van der Waals surface area contributed by atoms with Crippen LogP contribution in [0.15, 0.2) is 29.4 Å². The molecule has 0 saturated heterocycles. The molecular formula is C12H9F6N3S. The third-order valence-corrected chi connectivity index (χ3v) is 3.83. The van der Waals surface area contributed by atoms with Crippen LogP contribution in [0.4, 0.5) is 26.3 Å². The second-order valence-corrected chi connectivity index (χ2v) is 5.29. The summed E-state index contributed by atoms with van der Waals surface area (Å²) in [5.74, 6) is -0.940. The van der Waals surface area contributed by atoms with E-state index in [1.165, 1.54) is 19.2 Å². The summed E-state index contributed by atoms with van der Waals surface area (Å²) in [6.07, 6.45) is -9.02. The molecule has 22 heavy (non-hydrogen) atoms. The zero-order valence-electron chi connectivity index (χ0n) is 11.0. The highest BCUT2D eigenvalue weighted by molar-refractivity contribution is 7.98. The Kier molecular flexibility index (Phi) is 4.41. The number of alkyl halides is 6. The fourth-order valence-electron chi connectivity index (χ4n) is 1.63. The molecule has 0 aliphatic heterocycles. The summed E-state index contributed by atoms with van der Waals surface area (Å²) >= 11 is 0.959. The van der Waals surface area contributed by atoms with Crippen LogP contribution in [0.3, 0.4) is 0 Å². The van der Waals surface area contributed by atoms with Crippen molar-refractivity contribution in [2.45, 2.75) is 23.3 Å². The van der Waals surface area contributed by atoms with Gasteiger partial charge in [0.25, 0.3) is 0 Å². The highest BCUT2D eigenvalue weighted by Crippen LogP contribution is 2.32. The lowest BCUT2D eigenvalue weighted by Crippen LogP contribution is -2.12. The van der Waals surface area contributed by atoms with Crippen molar-refractivity contribution >= 4 is 11.8 Å². The zero-order valence-corrected chi connectivity index (χ0v) is 11.9. The largest absolute Gasteiger partial charge is 0.451 e. The zero-order chi connectivity index (χ0) is 16.5. The summed E-state index contributed by atoms with van der Waals surface area (Å²) < 4.78 is 75.6. The Labute approximate surface area is 125 Å². The van der Waals surface area contributed by atoms with Crippen molar-refractivity contribution in [3.8, 4) is 0 Å². The molecule has 0 saturated carbocycles. The van der Waals surface area contributed by atoms with Gasteiger partial charge in [-0.1, -0.05) is 23.9 Å². The third-order valence-electron chi connectivity index (χ3n) is 2.74. The van der Waals surface area contributed by atoms with E-state index in [2.05, 4.69) is 10.2 Å². The van der Waals surface area contributed by atoms with E-state index in [4.69, 9.17) is 0 Å². The second kappa shape index (κ2) is 5.82. The number of thioether (sulfide) groups is 1. The van der Waals surface area contributed by atoms with Crippen molar-refractivity contribution in [3.63, 3.8) is 0 Å². The summed E-state index contributed by atoms with van der Waals surface area (Å²) in [5, 5.41) is 6.53. The number of rotatable bonds is 3. The smallest absolute Gasteiger partial charge is 0.302 e. The molecule has 10 heteroatoms. The van der Waals surface area contributed by atoms with E-state index in [-0.39, 0.29) is 10.9 Å². The van der Waals surface area contributed by atoms with Gasteiger partial charge in [0, 0.05) is 12.8 Å². The van der Waals surface area contributed by atoms with E-state index in [1.54, 1.807) is 0 Å². The Morgan fingerprint density at radius 1 is 0.955 bits per heavy atom. The Hall–Kier alpha value is -1.71. The normalized spacial score (nSPS) is 12.7. The van der Waals surface area contributed by atoms with Crippen molar-refractivity contribution < 1.29 is 26.3 Å². The lowest BCUT2D eigenvalue weighted by Gasteiger charge is -2.08. The molecule has 0 N–H and O–H groups in total. The summed E-state index contributed by atoms with van der Waals surface area (Å²) in [6.45, 7) is 0. The summed E-state index contributed by atoms with van der Waals surface area (Å²) in [4.78, 5) is 0. The lowest BCUT2D eigenvalue weighted by atomic mass is 10.1. The van der Waals surface area contributed by atoms with Gasteiger partial charge in [-0.15, -0.1) is 10.2 Å². The first-order chi connectivity index (χ1) is 10.1. The third kappa shape index (κ3) is 3.73. The maximum atomic E-state index is 12.5. The molecule has 2 rings (SSSR count). The lowest BCUT2D eigenvalue weighted by molar-refractivity contribution is -0.147. The minimum atomic E-state index is -4.60. The molecule has 120 valence electrons. The summed E-state index contributed by atoms with van der Waals surface area (Å²) in [6, 6.07) is 4.40. The van der Waals surface area contributed by atoms with Gasteiger partial charge in [0.15, 0.2) is 5.16 Å². The standard InChI is InChI=1S/C12H9F6N3S/c1-21-9(12(16,17)18)19-20-10(21)22-6-7-2-4-8(5-3-7)11(13,14)15/h2-5H,6H2,1H3. The van der Waals surface area contributed by atoms with Gasteiger partial charge in [-0.3, -0.25) is 0 Å². The molecule has 0 radical (unpaired) electrons. The minimum absolute atomic E-state index is 0.0345. The van der Waals surface area contributed by atoms with Crippen LogP contribution in [0.5, 0.6) is 0 Å². The quantitative estimate of drug-likeness (QED) is 0.621. The molecule has 1 aromatic carbocycles. The highest BCUT2D eigenvalue weighted by atomic mass is 32.2. The van der Waals surface area contributed by atoms with Crippen LogP contribution in [0.25, 0.3) is 0 Å². The van der Waals surface area contributed by atoms with Gasteiger partial charge in [-0.2, -0.15) is 26.3 Å². The number of benzene rings is 1. The number of halogens is 6. The predicted molar refractivity (Wildman–Crippen MR) is 67.0 cm³/mol. The topological polar surface area (TPSA) is 30.7 Å². The second-order valence-electron chi connectivity index (χ2n) is 4.35. The van der Waals surface area contributed by atoms with Crippen LogP contribution in [0.1, 0.15) is 17.0 Å². The molecule has 1 aromatic heterocycles. The fourth-order valence-corrected chi connectivity index (χ4v) is 2.49. The fraction of sp³-hybridized carbons (Fsp3) is 0.333. The van der Waals surface area contributed by atoms with Gasteiger partial charge in [-0.05, 0) is 17.7 Å². The van der Waals surface area contributed by atoms with Gasteiger partial charge in [0.2, 0.25) is 5.82 Å². The maximum Gasteiger partial charge on any atom is 0.451 e. The first kappa shape index (κ1) is 16.7. The molecule has 0 fully saturated rings. The predicted octanol–water partition coefficient (Wildman–Crippen LogP) is 4.15. The average molecular weight is 341 g/mol. The van der Waals surface area contributed by atoms with Crippen molar-refractivity contribution in [2.75, 3.05) is 0 Å². The molecule has 0 spiro atoms. The Bertz CT molecular complexity index is 644. The SMILES string of the molecule is Cn1c(SCc2ccc(C(F)(F)F)cc2)nnc1C(F)(F)F. The molecule has 3 nitrogen and oxygen atoms in total. The number of nitrogens with zero attached hydrogens (tertiary/aromatic N) is 3. The highest BCUT2D eigenvalue weighted by Gasteiger charge is 2.37. The molecule has 0 unspecified atom stereocenters. The molecular weight excluding hydrogens is 332 g/mol. The average Bonchev–Trinajstić information content (AvgIpc) is 2.77. The Morgan fingerprint density at radius 3 is 2.00 bits per heavy atom. The molecule has 2 aromatic rings. The molecule has 0 amide bonds. The molecule has 0 bridgehead atoms. The van der Waals surface area contributed by atoms with Crippen LogP contribution in [-0.4, -0.2) is 14.8 Å². The summed E-state index contributed by atoms with van der Waals surface area (Å²) in [5.41, 5.74) is -0.242. The van der Waals surface area contributed by atoms with Crippen LogP contribution >= 0.6 is 11.8 Å². The first-order valence-corrected chi connectivity index (χ1v) is 6.83. The van der Waals surface area contributed by atoms with E-state index in [1.807, 2.05) is 0 Å². The van der Waals surface area contributed by atoms with Crippen LogP contribution in [0, 0.1) is 0 Å². The van der Waals surface area contributed by atoms with E-state index >= 15 is 0 Å². The number of hydrogen-bond acceptors (Lipinski definition) is 3. The van der Waals surface area contributed by atoms with E-state index in [9.17, 15) is 26.3 Å². The van der Waals surface area contributed by atoms with Crippen molar-refractivity contribution in [1.82, 2.24) is 14.8 Å². The summed E-state index contributed by atoms with van der Waals surface area (Å²) in [7, 11) is 1.18. The monoisotopic (exact) mass is 341 g/mol. The van der Waals surface area contributed by atoms with Gasteiger partial charge < -0.3 is 4.57 Å².